The molecule has 2 aromatic heterocycles. The molecule has 2 rings (SSSR count). The van der Waals surface area contributed by atoms with Gasteiger partial charge in [-0.15, -0.1) is 11.3 Å². The van der Waals surface area contributed by atoms with Gasteiger partial charge in [0.25, 0.3) is 0 Å². The maximum Gasteiger partial charge on any atom is 0.195 e. The number of aromatic nitrogens is 2. The zero-order valence-electron chi connectivity index (χ0n) is 10.6. The summed E-state index contributed by atoms with van der Waals surface area (Å²) in [5.41, 5.74) is 0.882. The van der Waals surface area contributed by atoms with E-state index in [2.05, 4.69) is 23.7 Å². The molecule has 4 nitrogen and oxygen atoms in total. The van der Waals surface area contributed by atoms with Gasteiger partial charge >= 0.3 is 0 Å². The SMILES string of the molecule is CC(C)CCN(C)c1nc2sccn2c1CO. The number of rotatable bonds is 5. The monoisotopic (exact) mass is 253 g/mol. The summed E-state index contributed by atoms with van der Waals surface area (Å²) in [6.45, 7) is 5.42. The summed E-state index contributed by atoms with van der Waals surface area (Å²) < 4.78 is 1.96. The van der Waals surface area contributed by atoms with Gasteiger partial charge in [0.2, 0.25) is 0 Å². The van der Waals surface area contributed by atoms with E-state index in [-0.39, 0.29) is 6.61 Å². The number of hydrogen-bond donors (Lipinski definition) is 1. The van der Waals surface area contributed by atoms with Crippen molar-refractivity contribution >= 4 is 22.1 Å². The first-order chi connectivity index (χ1) is 8.13. The summed E-state index contributed by atoms with van der Waals surface area (Å²) in [5, 5.41) is 11.5. The van der Waals surface area contributed by atoms with Gasteiger partial charge in [0.15, 0.2) is 10.8 Å². The molecule has 1 N–H and O–H groups in total. The maximum absolute atomic E-state index is 9.47. The average molecular weight is 253 g/mol. The lowest BCUT2D eigenvalue weighted by molar-refractivity contribution is 0.276. The van der Waals surface area contributed by atoms with Crippen molar-refractivity contribution in [1.29, 1.82) is 0 Å². The van der Waals surface area contributed by atoms with Gasteiger partial charge < -0.3 is 10.0 Å². The van der Waals surface area contributed by atoms with Gasteiger partial charge in [0.1, 0.15) is 0 Å². The smallest absolute Gasteiger partial charge is 0.195 e. The number of hydrogen-bond acceptors (Lipinski definition) is 4. The minimum Gasteiger partial charge on any atom is -0.390 e. The molecule has 0 unspecified atom stereocenters. The summed E-state index contributed by atoms with van der Waals surface area (Å²) >= 11 is 1.59. The molecule has 0 saturated heterocycles. The molecule has 0 aliphatic rings. The van der Waals surface area contributed by atoms with Crippen molar-refractivity contribution in [2.24, 2.45) is 5.92 Å². The van der Waals surface area contributed by atoms with E-state index in [1.807, 2.05) is 23.0 Å². The molecular weight excluding hydrogens is 234 g/mol. The van der Waals surface area contributed by atoms with Gasteiger partial charge in [-0.3, -0.25) is 4.40 Å². The second kappa shape index (κ2) is 5.06. The van der Waals surface area contributed by atoms with E-state index in [0.29, 0.717) is 5.92 Å². The van der Waals surface area contributed by atoms with Gasteiger partial charge in [-0.1, -0.05) is 13.8 Å². The van der Waals surface area contributed by atoms with E-state index in [4.69, 9.17) is 0 Å². The average Bonchev–Trinajstić information content (AvgIpc) is 2.84. The molecular formula is C12H19N3OS. The Morgan fingerprint density at radius 3 is 2.94 bits per heavy atom. The van der Waals surface area contributed by atoms with Crippen LogP contribution in [0.3, 0.4) is 0 Å². The fourth-order valence-electron chi connectivity index (χ4n) is 1.83. The first kappa shape index (κ1) is 12.4. The number of aliphatic hydroxyl groups is 1. The Hall–Kier alpha value is -1.07. The van der Waals surface area contributed by atoms with Crippen LogP contribution >= 0.6 is 11.3 Å². The lowest BCUT2D eigenvalue weighted by Gasteiger charge is -2.18. The molecule has 0 fully saturated rings. The molecule has 2 heterocycles. The van der Waals surface area contributed by atoms with E-state index in [1.165, 1.54) is 0 Å². The van der Waals surface area contributed by atoms with Crippen LogP contribution in [0.5, 0.6) is 0 Å². The second-order valence-electron chi connectivity index (χ2n) is 4.70. The largest absolute Gasteiger partial charge is 0.390 e. The number of thiazole rings is 1. The molecule has 0 amide bonds. The van der Waals surface area contributed by atoms with Gasteiger partial charge in [-0.2, -0.15) is 0 Å². The highest BCUT2D eigenvalue weighted by molar-refractivity contribution is 7.15. The third-order valence-corrected chi connectivity index (χ3v) is 3.65. The maximum atomic E-state index is 9.47. The van der Waals surface area contributed by atoms with Crippen LogP contribution in [0.25, 0.3) is 4.96 Å². The van der Waals surface area contributed by atoms with Crippen LogP contribution in [-0.2, 0) is 6.61 Å². The van der Waals surface area contributed by atoms with E-state index < -0.39 is 0 Å². The summed E-state index contributed by atoms with van der Waals surface area (Å²) in [6, 6.07) is 0. The molecule has 94 valence electrons. The number of fused-ring (bicyclic) bond motifs is 1. The van der Waals surface area contributed by atoms with Gasteiger partial charge in [0.05, 0.1) is 12.3 Å². The third kappa shape index (κ3) is 2.45. The van der Waals surface area contributed by atoms with Gasteiger partial charge in [0, 0.05) is 25.2 Å². The molecule has 0 radical (unpaired) electrons. The Labute approximate surface area is 106 Å². The van der Waals surface area contributed by atoms with Crippen molar-refractivity contribution < 1.29 is 5.11 Å². The minimum atomic E-state index is 0.0270. The lowest BCUT2D eigenvalue weighted by Crippen LogP contribution is -2.21. The van der Waals surface area contributed by atoms with Crippen LogP contribution < -0.4 is 4.90 Å². The van der Waals surface area contributed by atoms with E-state index in [9.17, 15) is 5.11 Å². The third-order valence-electron chi connectivity index (χ3n) is 2.89. The zero-order chi connectivity index (χ0) is 12.4. The molecule has 5 heteroatoms. The highest BCUT2D eigenvalue weighted by atomic mass is 32.1. The molecule has 0 saturated carbocycles. The Bertz CT molecular complexity index is 489. The van der Waals surface area contributed by atoms with Gasteiger partial charge in [-0.25, -0.2) is 4.98 Å². The molecule has 0 spiro atoms. The summed E-state index contributed by atoms with van der Waals surface area (Å²) in [5.74, 6) is 1.58. The fraction of sp³-hybridized carbons (Fsp3) is 0.583. The second-order valence-corrected chi connectivity index (χ2v) is 5.57. The lowest BCUT2D eigenvalue weighted by atomic mass is 10.1. The Morgan fingerprint density at radius 1 is 1.53 bits per heavy atom. The Kier molecular flexibility index (Phi) is 3.69. The normalized spacial score (nSPS) is 11.6. The van der Waals surface area contributed by atoms with Crippen molar-refractivity contribution in [3.8, 4) is 0 Å². The van der Waals surface area contributed by atoms with Crippen LogP contribution in [0.2, 0.25) is 0 Å². The van der Waals surface area contributed by atoms with Crippen molar-refractivity contribution in [2.45, 2.75) is 26.9 Å². The first-order valence-electron chi connectivity index (χ1n) is 5.90. The van der Waals surface area contributed by atoms with E-state index in [0.717, 1.165) is 29.4 Å². The van der Waals surface area contributed by atoms with E-state index >= 15 is 0 Å². The fourth-order valence-corrected chi connectivity index (χ4v) is 2.56. The summed E-state index contributed by atoms with van der Waals surface area (Å²) in [4.78, 5) is 7.64. The van der Waals surface area contributed by atoms with Crippen molar-refractivity contribution in [3.63, 3.8) is 0 Å². The van der Waals surface area contributed by atoms with Crippen molar-refractivity contribution in [1.82, 2.24) is 9.38 Å². The number of aliphatic hydroxyl groups excluding tert-OH is 1. The standard InChI is InChI=1S/C12H19N3OS/c1-9(2)4-5-14(3)11-10(8-16)15-6-7-17-12(15)13-11/h6-7,9,16H,4-5,8H2,1-3H3. The molecule has 17 heavy (non-hydrogen) atoms. The topological polar surface area (TPSA) is 40.8 Å². The molecule has 0 aromatic carbocycles. The first-order valence-corrected chi connectivity index (χ1v) is 6.78. The highest BCUT2D eigenvalue weighted by Crippen LogP contribution is 2.24. The number of nitrogens with zero attached hydrogens (tertiary/aromatic N) is 3. The molecule has 0 aliphatic carbocycles. The number of imidazole rings is 1. The Morgan fingerprint density at radius 2 is 2.29 bits per heavy atom. The Balaban J connectivity index is 2.24. The highest BCUT2D eigenvalue weighted by Gasteiger charge is 2.15. The van der Waals surface area contributed by atoms with E-state index in [1.54, 1.807) is 11.3 Å². The predicted octanol–water partition coefficient (Wildman–Crippen LogP) is 2.37. The minimum absolute atomic E-state index is 0.0270. The quantitative estimate of drug-likeness (QED) is 0.889. The van der Waals surface area contributed by atoms with Crippen LogP contribution in [0.15, 0.2) is 11.6 Å². The molecule has 0 aliphatic heterocycles. The van der Waals surface area contributed by atoms with Crippen LogP contribution in [0.1, 0.15) is 26.0 Å². The van der Waals surface area contributed by atoms with Crippen molar-refractivity contribution in [2.75, 3.05) is 18.5 Å². The molecule has 0 bridgehead atoms. The van der Waals surface area contributed by atoms with Crippen LogP contribution in [-0.4, -0.2) is 28.1 Å². The molecule has 2 aromatic rings. The van der Waals surface area contributed by atoms with Crippen molar-refractivity contribution in [3.05, 3.63) is 17.3 Å². The van der Waals surface area contributed by atoms with Gasteiger partial charge in [-0.05, 0) is 12.3 Å². The summed E-state index contributed by atoms with van der Waals surface area (Å²) in [6.07, 6.45) is 3.09. The molecule has 0 atom stereocenters. The number of anilines is 1. The summed E-state index contributed by atoms with van der Waals surface area (Å²) in [7, 11) is 2.04. The van der Waals surface area contributed by atoms with Crippen LogP contribution in [0, 0.1) is 5.92 Å². The predicted molar refractivity (Wildman–Crippen MR) is 71.7 cm³/mol. The zero-order valence-corrected chi connectivity index (χ0v) is 11.4. The van der Waals surface area contributed by atoms with Crippen LogP contribution in [0.4, 0.5) is 5.82 Å².